The van der Waals surface area contributed by atoms with Crippen LogP contribution in [0.25, 0.3) is 11.1 Å². The van der Waals surface area contributed by atoms with Crippen molar-refractivity contribution in [2.45, 2.75) is 0 Å². The molecule has 2 aromatic carbocycles. The lowest BCUT2D eigenvalue weighted by Gasteiger charge is -2.14. The van der Waals surface area contributed by atoms with Crippen molar-refractivity contribution in [3.63, 3.8) is 0 Å². The summed E-state index contributed by atoms with van der Waals surface area (Å²) in [7, 11) is 0. The van der Waals surface area contributed by atoms with Crippen molar-refractivity contribution >= 4 is 17.9 Å². The van der Waals surface area contributed by atoms with Gasteiger partial charge >= 0.3 is 11.9 Å². The van der Waals surface area contributed by atoms with Crippen molar-refractivity contribution in [3.05, 3.63) is 59.2 Å². The molecule has 21 heavy (non-hydrogen) atoms. The Labute approximate surface area is 118 Å². The topological polar surface area (TPSA) is 115 Å². The fraction of sp³-hybridized carbons (Fsp3) is 0. The zero-order valence-electron chi connectivity index (χ0n) is 10.6. The van der Waals surface area contributed by atoms with Crippen molar-refractivity contribution in [1.82, 2.24) is 0 Å². The Kier molecular flexibility index (Phi) is 3.71. The smallest absolute Gasteiger partial charge is 0.336 e. The van der Waals surface area contributed by atoms with Gasteiger partial charge in [-0.05, 0) is 17.2 Å². The molecule has 0 fully saturated rings. The Hall–Kier alpha value is -3.15. The lowest BCUT2D eigenvalue weighted by molar-refractivity contribution is -0.255. The van der Waals surface area contributed by atoms with E-state index in [2.05, 4.69) is 0 Å². The van der Waals surface area contributed by atoms with Gasteiger partial charge in [-0.1, -0.05) is 36.4 Å². The van der Waals surface area contributed by atoms with Crippen LogP contribution in [0, 0.1) is 0 Å². The number of carboxylic acids is 3. The minimum absolute atomic E-state index is 0.0159. The maximum Gasteiger partial charge on any atom is 0.336 e. The predicted molar refractivity (Wildman–Crippen MR) is 70.1 cm³/mol. The molecule has 0 atom stereocenters. The summed E-state index contributed by atoms with van der Waals surface area (Å²) in [6.07, 6.45) is 0. The summed E-state index contributed by atoms with van der Waals surface area (Å²) >= 11 is 0. The Morgan fingerprint density at radius 3 is 1.90 bits per heavy atom. The highest BCUT2D eigenvalue weighted by Gasteiger charge is 2.20. The summed E-state index contributed by atoms with van der Waals surface area (Å²) in [6, 6.07) is 9.57. The van der Waals surface area contributed by atoms with Crippen molar-refractivity contribution in [3.8, 4) is 11.1 Å². The van der Waals surface area contributed by atoms with Crippen molar-refractivity contribution in [1.29, 1.82) is 0 Å². The van der Waals surface area contributed by atoms with Gasteiger partial charge in [0.1, 0.15) is 0 Å². The van der Waals surface area contributed by atoms with E-state index in [1.807, 2.05) is 0 Å². The zero-order valence-corrected chi connectivity index (χ0v) is 10.6. The van der Waals surface area contributed by atoms with Gasteiger partial charge in [0, 0.05) is 5.56 Å². The van der Waals surface area contributed by atoms with Crippen molar-refractivity contribution < 1.29 is 29.7 Å². The maximum absolute atomic E-state index is 11.4. The molecule has 0 aliphatic heterocycles. The predicted octanol–water partition coefficient (Wildman–Crippen LogP) is 1.11. The Balaban J connectivity index is 2.82. The second kappa shape index (κ2) is 5.46. The van der Waals surface area contributed by atoms with Gasteiger partial charge in [-0.25, -0.2) is 9.59 Å². The first-order valence-electron chi connectivity index (χ1n) is 5.84. The van der Waals surface area contributed by atoms with E-state index >= 15 is 0 Å². The van der Waals surface area contributed by atoms with Crippen molar-refractivity contribution in [2.24, 2.45) is 0 Å². The number of carbonyl (C=O) groups is 3. The van der Waals surface area contributed by atoms with Crippen LogP contribution in [-0.4, -0.2) is 28.1 Å². The average molecular weight is 285 g/mol. The lowest BCUT2D eigenvalue weighted by atomic mass is 9.92. The molecule has 0 aliphatic rings. The highest BCUT2D eigenvalue weighted by Crippen LogP contribution is 2.29. The minimum Gasteiger partial charge on any atom is -0.545 e. The monoisotopic (exact) mass is 285 g/mol. The van der Waals surface area contributed by atoms with Gasteiger partial charge in [0.15, 0.2) is 0 Å². The number of carbonyl (C=O) groups excluding carboxylic acids is 1. The van der Waals surface area contributed by atoms with Gasteiger partial charge in [0.05, 0.1) is 17.1 Å². The molecule has 0 saturated carbocycles. The first-order chi connectivity index (χ1) is 9.93. The normalized spacial score (nSPS) is 10.1. The molecule has 0 unspecified atom stereocenters. The second-order valence-electron chi connectivity index (χ2n) is 4.17. The summed E-state index contributed by atoms with van der Waals surface area (Å²) in [5.41, 5.74) is -0.963. The van der Waals surface area contributed by atoms with Crippen LogP contribution < -0.4 is 5.11 Å². The van der Waals surface area contributed by atoms with E-state index in [0.717, 1.165) is 6.07 Å². The molecule has 0 amide bonds. The Morgan fingerprint density at radius 2 is 1.33 bits per heavy atom. The number of hydrogen-bond acceptors (Lipinski definition) is 4. The van der Waals surface area contributed by atoms with Gasteiger partial charge in [0.25, 0.3) is 0 Å². The van der Waals surface area contributed by atoms with E-state index in [1.165, 1.54) is 30.3 Å². The minimum atomic E-state index is -1.64. The maximum atomic E-state index is 11.4. The van der Waals surface area contributed by atoms with Gasteiger partial charge in [-0.3, -0.25) is 0 Å². The van der Waals surface area contributed by atoms with Gasteiger partial charge in [0.2, 0.25) is 0 Å². The number of carboxylic acid groups (broad SMARTS) is 3. The highest BCUT2D eigenvalue weighted by molar-refractivity contribution is 6.08. The molecule has 0 radical (unpaired) electrons. The third-order valence-corrected chi connectivity index (χ3v) is 2.95. The molecule has 0 spiro atoms. The van der Waals surface area contributed by atoms with Crippen LogP contribution in [0.4, 0.5) is 0 Å². The molecule has 0 bridgehead atoms. The molecule has 0 heterocycles. The van der Waals surface area contributed by atoms with Crippen molar-refractivity contribution in [2.75, 3.05) is 0 Å². The molecule has 6 heteroatoms. The number of rotatable bonds is 4. The molecule has 0 aromatic heterocycles. The fourth-order valence-corrected chi connectivity index (χ4v) is 2.08. The highest BCUT2D eigenvalue weighted by atomic mass is 16.4. The first kappa shape index (κ1) is 14.3. The van der Waals surface area contributed by atoms with Crippen LogP contribution in [0.2, 0.25) is 0 Å². The largest absolute Gasteiger partial charge is 0.545 e. The van der Waals surface area contributed by atoms with E-state index < -0.39 is 29.0 Å². The molecular weight excluding hydrogens is 276 g/mol. The third kappa shape index (κ3) is 2.59. The molecule has 2 rings (SSSR count). The van der Waals surface area contributed by atoms with E-state index in [1.54, 1.807) is 6.07 Å². The molecule has 0 saturated heterocycles. The standard InChI is InChI=1S/C15H10O6/c16-13(17)10-5-2-1-4-8(10)9-6-3-7-11(14(18)19)12(9)15(20)21/h1-7H,(H,16,17)(H,18,19)(H,20,21)/p-1. The molecule has 2 aromatic rings. The number of hydrogen-bond donors (Lipinski definition) is 2. The summed E-state index contributed by atoms with van der Waals surface area (Å²) in [5, 5.41) is 29.4. The molecule has 106 valence electrons. The SMILES string of the molecule is O=C(O)c1ccccc1-c1cccc(C(=O)[O-])c1C(=O)O. The molecule has 0 aliphatic carbocycles. The van der Waals surface area contributed by atoms with E-state index in [-0.39, 0.29) is 16.7 Å². The first-order valence-corrected chi connectivity index (χ1v) is 5.84. The number of aromatic carboxylic acids is 3. The molecule has 2 N–H and O–H groups in total. The van der Waals surface area contributed by atoms with Crippen LogP contribution in [0.5, 0.6) is 0 Å². The third-order valence-electron chi connectivity index (χ3n) is 2.95. The van der Waals surface area contributed by atoms with Gasteiger partial charge < -0.3 is 20.1 Å². The quantitative estimate of drug-likeness (QED) is 0.869. The van der Waals surface area contributed by atoms with E-state index in [9.17, 15) is 24.6 Å². The second-order valence-corrected chi connectivity index (χ2v) is 4.17. The van der Waals surface area contributed by atoms with Crippen LogP contribution in [-0.2, 0) is 0 Å². The summed E-state index contributed by atoms with van der Waals surface area (Å²) < 4.78 is 0. The lowest BCUT2D eigenvalue weighted by Crippen LogP contribution is -2.25. The average Bonchev–Trinajstić information content (AvgIpc) is 2.46. The van der Waals surface area contributed by atoms with Crippen LogP contribution in [0.15, 0.2) is 42.5 Å². The van der Waals surface area contributed by atoms with Crippen LogP contribution >= 0.6 is 0 Å². The van der Waals surface area contributed by atoms with Crippen LogP contribution in [0.3, 0.4) is 0 Å². The number of benzene rings is 2. The van der Waals surface area contributed by atoms with Gasteiger partial charge in [-0.15, -0.1) is 0 Å². The fourth-order valence-electron chi connectivity index (χ4n) is 2.08. The molecule has 6 nitrogen and oxygen atoms in total. The zero-order chi connectivity index (χ0) is 15.6. The van der Waals surface area contributed by atoms with E-state index in [0.29, 0.717) is 0 Å². The molecular formula is C15H9O6-. The summed E-state index contributed by atoms with van der Waals surface area (Å²) in [6.45, 7) is 0. The van der Waals surface area contributed by atoms with Gasteiger partial charge in [-0.2, -0.15) is 0 Å². The Bertz CT molecular complexity index is 748. The van der Waals surface area contributed by atoms with Crippen LogP contribution in [0.1, 0.15) is 31.1 Å². The Morgan fingerprint density at radius 1 is 0.762 bits per heavy atom. The summed E-state index contributed by atoms with van der Waals surface area (Å²) in [4.78, 5) is 33.6. The van der Waals surface area contributed by atoms with E-state index in [4.69, 9.17) is 5.11 Å². The summed E-state index contributed by atoms with van der Waals surface area (Å²) in [5.74, 6) is -4.34.